The first-order valence-corrected chi connectivity index (χ1v) is 10.5. The van der Waals surface area contributed by atoms with E-state index in [-0.39, 0.29) is 28.4 Å². The van der Waals surface area contributed by atoms with Gasteiger partial charge in [0.05, 0.1) is 7.11 Å². The fraction of sp³-hybridized carbons (Fsp3) is 0.560. The Morgan fingerprint density at radius 3 is 2.23 bits per heavy atom. The van der Waals surface area contributed by atoms with Crippen LogP contribution in [0.5, 0.6) is 11.5 Å². The lowest BCUT2D eigenvalue weighted by Gasteiger charge is -2.51. The zero-order chi connectivity index (χ0) is 22.7. The van der Waals surface area contributed by atoms with E-state index in [1.54, 1.807) is 25.3 Å². The summed E-state index contributed by atoms with van der Waals surface area (Å²) >= 11 is 0. The predicted molar refractivity (Wildman–Crippen MR) is 121 cm³/mol. The molecule has 0 radical (unpaired) electrons. The van der Waals surface area contributed by atoms with Gasteiger partial charge in [-0.3, -0.25) is 4.79 Å². The first-order valence-electron chi connectivity index (χ1n) is 10.5. The van der Waals surface area contributed by atoms with E-state index in [1.807, 2.05) is 52.0 Å². The van der Waals surface area contributed by atoms with Gasteiger partial charge in [-0.1, -0.05) is 39.0 Å². The third kappa shape index (κ3) is 6.44. The van der Waals surface area contributed by atoms with Crippen LogP contribution >= 0.6 is 0 Å². The van der Waals surface area contributed by atoms with E-state index in [1.165, 1.54) is 5.06 Å². The lowest BCUT2D eigenvalue weighted by Crippen LogP contribution is -2.61. The van der Waals surface area contributed by atoms with Crippen molar-refractivity contribution in [1.29, 1.82) is 0 Å². The van der Waals surface area contributed by atoms with E-state index in [9.17, 15) is 10.0 Å². The molecule has 0 unspecified atom stereocenters. The second-order valence-corrected chi connectivity index (χ2v) is 10.4. The zero-order valence-corrected chi connectivity index (χ0v) is 19.7. The maximum Gasteiger partial charge on any atom is 0.178 e. The molecular weight excluding hydrogens is 378 g/mol. The van der Waals surface area contributed by atoms with E-state index in [0.717, 1.165) is 5.56 Å². The van der Waals surface area contributed by atoms with Crippen molar-refractivity contribution in [3.05, 3.63) is 42.0 Å². The molecule has 1 aliphatic rings. The van der Waals surface area contributed by atoms with E-state index >= 15 is 0 Å². The molecule has 1 heterocycles. The molecule has 0 aromatic heterocycles. The summed E-state index contributed by atoms with van der Waals surface area (Å²) in [6.07, 6.45) is 8.19. The Kier molecular flexibility index (Phi) is 7.20. The molecule has 5 nitrogen and oxygen atoms in total. The second-order valence-electron chi connectivity index (χ2n) is 10.4. The fourth-order valence-electron chi connectivity index (χ4n) is 3.89. The summed E-state index contributed by atoms with van der Waals surface area (Å²) in [6.45, 7) is 14.2. The van der Waals surface area contributed by atoms with Crippen LogP contribution < -0.4 is 9.47 Å². The summed E-state index contributed by atoms with van der Waals surface area (Å²) < 4.78 is 11.8. The van der Waals surface area contributed by atoms with Gasteiger partial charge in [-0.05, 0) is 63.0 Å². The maximum atomic E-state index is 12.0. The average Bonchev–Trinajstić information content (AvgIpc) is 2.62. The first-order chi connectivity index (χ1) is 13.7. The summed E-state index contributed by atoms with van der Waals surface area (Å²) in [6, 6.07) is 5.65. The molecule has 1 aliphatic heterocycles. The quantitative estimate of drug-likeness (QED) is 0.607. The number of rotatable bonds is 6. The minimum absolute atomic E-state index is 0.0268. The van der Waals surface area contributed by atoms with Crippen LogP contribution in [0.15, 0.2) is 36.4 Å². The Morgan fingerprint density at radius 1 is 1.10 bits per heavy atom. The first kappa shape index (κ1) is 24.2. The Morgan fingerprint density at radius 2 is 1.70 bits per heavy atom. The van der Waals surface area contributed by atoms with E-state index in [2.05, 4.69) is 20.8 Å². The van der Waals surface area contributed by atoms with Crippen molar-refractivity contribution in [2.45, 2.75) is 78.5 Å². The number of carbonyl (C=O) groups excluding carboxylic acids is 1. The van der Waals surface area contributed by atoms with Crippen LogP contribution in [-0.2, 0) is 4.79 Å². The van der Waals surface area contributed by atoms with Crippen molar-refractivity contribution in [3.8, 4) is 11.5 Å². The van der Waals surface area contributed by atoms with Crippen LogP contribution in [0.3, 0.4) is 0 Å². The molecule has 0 atom stereocenters. The molecule has 5 heteroatoms. The summed E-state index contributed by atoms with van der Waals surface area (Å²) in [7, 11) is 1.61. The normalized spacial score (nSPS) is 20.0. The van der Waals surface area contributed by atoms with Gasteiger partial charge in [0.2, 0.25) is 0 Å². The molecule has 1 aromatic rings. The van der Waals surface area contributed by atoms with Crippen LogP contribution in [0.4, 0.5) is 0 Å². The fourth-order valence-corrected chi connectivity index (χ4v) is 3.89. The number of hydroxylamine groups is 2. The van der Waals surface area contributed by atoms with Crippen LogP contribution in [0.1, 0.15) is 66.9 Å². The highest BCUT2D eigenvalue weighted by atomic mass is 16.5. The third-order valence-electron chi connectivity index (χ3n) is 5.27. The van der Waals surface area contributed by atoms with Crippen molar-refractivity contribution >= 4 is 11.9 Å². The van der Waals surface area contributed by atoms with Gasteiger partial charge in [-0.25, -0.2) is 0 Å². The van der Waals surface area contributed by atoms with E-state index in [0.29, 0.717) is 24.3 Å². The number of methoxy groups -OCH3 is 1. The number of nitrogens with zero attached hydrogens (tertiary/aromatic N) is 1. The molecule has 0 saturated carbocycles. The molecule has 1 N–H and O–H groups in total. The van der Waals surface area contributed by atoms with Crippen LogP contribution in [0.25, 0.3) is 6.08 Å². The van der Waals surface area contributed by atoms with Crippen LogP contribution in [-0.4, -0.2) is 40.3 Å². The summed E-state index contributed by atoms with van der Waals surface area (Å²) in [4.78, 5) is 12.0. The van der Waals surface area contributed by atoms with Crippen molar-refractivity contribution in [2.75, 3.05) is 7.11 Å². The van der Waals surface area contributed by atoms with Crippen molar-refractivity contribution in [1.82, 2.24) is 5.06 Å². The number of ketones is 1. The number of hydrogen-bond donors (Lipinski definition) is 1. The molecule has 30 heavy (non-hydrogen) atoms. The Bertz CT molecular complexity index is 797. The molecular formula is C25H37NO4. The second kappa shape index (κ2) is 8.94. The number of carbonyl (C=O) groups is 1. The number of ether oxygens (including phenoxy) is 2. The third-order valence-corrected chi connectivity index (χ3v) is 5.27. The molecule has 1 aromatic carbocycles. The number of allylic oxidation sites excluding steroid dienone is 3. The van der Waals surface area contributed by atoms with Crippen LogP contribution in [0, 0.1) is 5.41 Å². The number of piperidine rings is 1. The SMILES string of the molecule is COc1cc(/C=C/C(=O)/C=C/C(C)(C)C)ccc1OC1CC(C)(C)N(O)C(C)(C)C1. The van der Waals surface area contributed by atoms with E-state index < -0.39 is 0 Å². The van der Waals surface area contributed by atoms with Crippen molar-refractivity contribution < 1.29 is 19.5 Å². The highest BCUT2D eigenvalue weighted by Gasteiger charge is 2.46. The highest BCUT2D eigenvalue weighted by Crippen LogP contribution is 2.40. The molecule has 1 saturated heterocycles. The molecule has 0 amide bonds. The minimum Gasteiger partial charge on any atom is -0.493 e. The largest absolute Gasteiger partial charge is 0.493 e. The topological polar surface area (TPSA) is 59.0 Å². The molecule has 0 aliphatic carbocycles. The highest BCUT2D eigenvalue weighted by molar-refractivity contribution is 6.02. The summed E-state index contributed by atoms with van der Waals surface area (Å²) in [5.41, 5.74) is 0.0654. The van der Waals surface area contributed by atoms with Gasteiger partial charge in [0.1, 0.15) is 6.10 Å². The van der Waals surface area contributed by atoms with Gasteiger partial charge in [0.25, 0.3) is 0 Å². The minimum atomic E-state index is -0.386. The lowest BCUT2D eigenvalue weighted by molar-refractivity contribution is -0.254. The Labute approximate surface area is 181 Å². The summed E-state index contributed by atoms with van der Waals surface area (Å²) in [5.74, 6) is 1.23. The van der Waals surface area contributed by atoms with Crippen LogP contribution in [0.2, 0.25) is 0 Å². The number of benzene rings is 1. The smallest absolute Gasteiger partial charge is 0.178 e. The predicted octanol–water partition coefficient (Wildman–Crippen LogP) is 5.67. The van der Waals surface area contributed by atoms with Gasteiger partial charge in [0, 0.05) is 23.9 Å². The monoisotopic (exact) mass is 415 g/mol. The molecule has 0 spiro atoms. The number of hydrogen-bond acceptors (Lipinski definition) is 5. The molecule has 1 fully saturated rings. The molecule has 0 bridgehead atoms. The summed E-state index contributed by atoms with van der Waals surface area (Å²) in [5, 5.41) is 11.9. The van der Waals surface area contributed by atoms with Gasteiger partial charge in [0.15, 0.2) is 17.3 Å². The lowest BCUT2D eigenvalue weighted by atomic mass is 9.80. The van der Waals surface area contributed by atoms with Gasteiger partial charge in [-0.15, -0.1) is 0 Å². The van der Waals surface area contributed by atoms with Crippen molar-refractivity contribution in [3.63, 3.8) is 0 Å². The maximum absolute atomic E-state index is 12.0. The van der Waals surface area contributed by atoms with Gasteiger partial charge < -0.3 is 14.7 Å². The molecule has 2 rings (SSSR count). The average molecular weight is 416 g/mol. The zero-order valence-electron chi connectivity index (χ0n) is 19.7. The molecule has 166 valence electrons. The van der Waals surface area contributed by atoms with Gasteiger partial charge in [-0.2, -0.15) is 5.06 Å². The van der Waals surface area contributed by atoms with E-state index in [4.69, 9.17) is 9.47 Å². The Balaban J connectivity index is 2.14. The van der Waals surface area contributed by atoms with Gasteiger partial charge >= 0.3 is 0 Å². The van der Waals surface area contributed by atoms with Crippen molar-refractivity contribution in [2.24, 2.45) is 5.41 Å². The standard InChI is InChI=1S/C25H37NO4/c1-23(2,3)14-13-19(27)11-9-18-10-12-21(22(15-18)29-8)30-20-16-24(4,5)26(28)25(6,7)17-20/h9-15,20,28H,16-17H2,1-8H3/b11-9+,14-13+. The Hall–Kier alpha value is -2.11.